The van der Waals surface area contributed by atoms with E-state index in [1.165, 1.54) is 16.2 Å². The fourth-order valence-electron chi connectivity index (χ4n) is 3.82. The van der Waals surface area contributed by atoms with Crippen LogP contribution in [0.15, 0.2) is 83.7 Å². The highest BCUT2D eigenvalue weighted by Crippen LogP contribution is 2.34. The van der Waals surface area contributed by atoms with Gasteiger partial charge in [-0.25, -0.2) is 9.88 Å². The van der Waals surface area contributed by atoms with Crippen molar-refractivity contribution in [1.29, 1.82) is 0 Å². The molecule has 4 aromatic rings. The van der Waals surface area contributed by atoms with Gasteiger partial charge >= 0.3 is 0 Å². The molecule has 0 fully saturated rings. The highest BCUT2D eigenvalue weighted by Gasteiger charge is 2.36. The molecule has 0 N–H and O–H groups in total. The van der Waals surface area contributed by atoms with Gasteiger partial charge in [0.15, 0.2) is 0 Å². The predicted octanol–water partition coefficient (Wildman–Crippen LogP) is 5.76. The minimum absolute atomic E-state index is 0.312. The Kier molecular flexibility index (Phi) is 5.59. The summed E-state index contributed by atoms with van der Waals surface area (Å²) < 4.78 is 5.78. The Morgan fingerprint density at radius 2 is 1.64 bits per heavy atom. The van der Waals surface area contributed by atoms with Crippen LogP contribution in [-0.4, -0.2) is 16.8 Å². The van der Waals surface area contributed by atoms with Crippen LogP contribution >= 0.6 is 11.3 Å². The molecule has 0 atom stereocenters. The molecule has 5 rings (SSSR count). The summed E-state index contributed by atoms with van der Waals surface area (Å²) in [5.41, 5.74) is 6.58. The second-order valence-corrected chi connectivity index (χ2v) is 8.39. The summed E-state index contributed by atoms with van der Waals surface area (Å²) in [5, 5.41) is 1.95. The van der Waals surface area contributed by atoms with Gasteiger partial charge in [-0.2, -0.15) is 0 Å². The van der Waals surface area contributed by atoms with Crippen molar-refractivity contribution in [3.8, 4) is 5.75 Å². The topological polar surface area (TPSA) is 59.5 Å². The highest BCUT2D eigenvalue weighted by atomic mass is 32.1. The number of rotatable bonds is 5. The van der Waals surface area contributed by atoms with Crippen molar-refractivity contribution in [3.63, 3.8) is 0 Å². The van der Waals surface area contributed by atoms with Gasteiger partial charge in [0.05, 0.1) is 16.9 Å². The second-order valence-electron chi connectivity index (χ2n) is 7.67. The van der Waals surface area contributed by atoms with E-state index in [0.29, 0.717) is 29.0 Å². The van der Waals surface area contributed by atoms with Gasteiger partial charge in [0.25, 0.3) is 11.8 Å². The van der Waals surface area contributed by atoms with Crippen molar-refractivity contribution in [3.05, 3.63) is 112 Å². The normalized spacial score (nSPS) is 14.5. The smallest absolute Gasteiger partial charge is 0.265 e. The van der Waals surface area contributed by atoms with Crippen LogP contribution in [0.25, 0.3) is 11.6 Å². The van der Waals surface area contributed by atoms with Crippen molar-refractivity contribution < 1.29 is 14.3 Å². The molecule has 6 heteroatoms. The third-order valence-corrected chi connectivity index (χ3v) is 6.14. The van der Waals surface area contributed by atoms with Crippen LogP contribution in [0.2, 0.25) is 0 Å². The number of nitrogens with zero attached hydrogens (tertiary/aromatic N) is 2. The maximum Gasteiger partial charge on any atom is 0.265 e. The molecule has 1 aliphatic heterocycles. The summed E-state index contributed by atoms with van der Waals surface area (Å²) in [5.74, 6) is 0.0712. The number of ether oxygens (including phenoxy) is 1. The number of carbonyl (C=O) groups is 2. The fraction of sp³-hybridized carbons (Fsp3) is 0.0741. The maximum absolute atomic E-state index is 13.6. The molecule has 0 saturated carbocycles. The second kappa shape index (κ2) is 8.84. The molecule has 0 aliphatic carbocycles. The van der Waals surface area contributed by atoms with Gasteiger partial charge < -0.3 is 4.74 Å². The largest absolute Gasteiger partial charge is 0.487 e. The number of fused-ring (bicyclic) bond motifs is 1. The summed E-state index contributed by atoms with van der Waals surface area (Å²) in [6.45, 7) is 2.30. The first-order valence-electron chi connectivity index (χ1n) is 10.5. The average Bonchev–Trinajstić information content (AvgIpc) is 3.36. The van der Waals surface area contributed by atoms with Crippen LogP contribution < -0.4 is 9.64 Å². The van der Waals surface area contributed by atoms with Gasteiger partial charge in [-0.3, -0.25) is 9.59 Å². The number of hydrogen-bond donors (Lipinski definition) is 0. The molecule has 2 amide bonds. The Hall–Kier alpha value is -4.03. The van der Waals surface area contributed by atoms with Gasteiger partial charge in [0.1, 0.15) is 12.4 Å². The van der Waals surface area contributed by atoms with Crippen molar-refractivity contribution >= 4 is 40.5 Å². The van der Waals surface area contributed by atoms with E-state index in [4.69, 9.17) is 4.74 Å². The van der Waals surface area contributed by atoms with Gasteiger partial charge in [0.2, 0.25) is 0 Å². The van der Waals surface area contributed by atoms with Crippen molar-refractivity contribution in [2.24, 2.45) is 0 Å². The quantitative estimate of drug-likeness (QED) is 0.285. The summed E-state index contributed by atoms with van der Waals surface area (Å²) in [6, 6.07) is 22.2. The molecular formula is C27H20N2O3S. The Morgan fingerprint density at radius 3 is 2.36 bits per heavy atom. The van der Waals surface area contributed by atoms with E-state index in [2.05, 4.69) is 4.98 Å². The van der Waals surface area contributed by atoms with E-state index in [-0.39, 0.29) is 11.8 Å². The zero-order chi connectivity index (χ0) is 22.8. The van der Waals surface area contributed by atoms with E-state index < -0.39 is 0 Å². The number of benzene rings is 3. The molecule has 1 aliphatic rings. The van der Waals surface area contributed by atoms with Crippen LogP contribution in [0, 0.1) is 6.92 Å². The molecule has 1 aromatic heterocycles. The van der Waals surface area contributed by atoms with Gasteiger partial charge in [-0.15, -0.1) is 11.3 Å². The molecule has 162 valence electrons. The molecular weight excluding hydrogens is 432 g/mol. The van der Waals surface area contributed by atoms with Crippen LogP contribution in [0.1, 0.15) is 32.7 Å². The SMILES string of the molecule is Cc1ccccc1N1C(=O)/C(=C\c2ccc(OCc3cscn3)cc2)c2ccccc2C1=O. The first-order chi connectivity index (χ1) is 16.1. The van der Waals surface area contributed by atoms with E-state index in [9.17, 15) is 9.59 Å². The third-order valence-electron chi connectivity index (χ3n) is 5.50. The monoisotopic (exact) mass is 452 g/mol. The van der Waals surface area contributed by atoms with Gasteiger partial charge in [-0.1, -0.05) is 48.5 Å². The lowest BCUT2D eigenvalue weighted by atomic mass is 9.91. The molecule has 0 bridgehead atoms. The zero-order valence-electron chi connectivity index (χ0n) is 17.9. The minimum atomic E-state index is -0.336. The predicted molar refractivity (Wildman–Crippen MR) is 130 cm³/mol. The number of para-hydroxylation sites is 1. The third kappa shape index (κ3) is 4.08. The van der Waals surface area contributed by atoms with E-state index in [0.717, 1.165) is 22.6 Å². The number of aryl methyl sites for hydroxylation is 1. The first-order valence-corrected chi connectivity index (χ1v) is 11.4. The Bertz CT molecular complexity index is 1360. The number of aromatic nitrogens is 1. The molecule has 3 aromatic carbocycles. The van der Waals surface area contributed by atoms with Crippen LogP contribution in [-0.2, 0) is 11.4 Å². The van der Waals surface area contributed by atoms with E-state index in [1.807, 2.05) is 79.0 Å². The summed E-state index contributed by atoms with van der Waals surface area (Å²) in [6.07, 6.45) is 1.82. The van der Waals surface area contributed by atoms with Gasteiger partial charge in [0, 0.05) is 16.5 Å². The standard InChI is InChI=1S/C27H20N2O3S/c1-18-6-2-5-9-25(18)29-26(30)23-8-4-3-7-22(23)24(27(29)31)14-19-10-12-21(13-11-19)32-15-20-16-33-17-28-20/h2-14,16-17H,15H2,1H3/b24-14-. The van der Waals surface area contributed by atoms with Crippen molar-refractivity contribution in [2.45, 2.75) is 13.5 Å². The number of amides is 2. The molecule has 33 heavy (non-hydrogen) atoms. The molecule has 0 spiro atoms. The summed E-state index contributed by atoms with van der Waals surface area (Å²) >= 11 is 1.53. The lowest BCUT2D eigenvalue weighted by molar-refractivity contribution is -0.112. The lowest BCUT2D eigenvalue weighted by Gasteiger charge is -2.29. The Labute approximate surface area is 195 Å². The number of anilines is 1. The van der Waals surface area contributed by atoms with Crippen LogP contribution in [0.5, 0.6) is 5.75 Å². The minimum Gasteiger partial charge on any atom is -0.487 e. The molecule has 0 radical (unpaired) electrons. The maximum atomic E-state index is 13.6. The lowest BCUT2D eigenvalue weighted by Crippen LogP contribution is -2.42. The molecule has 2 heterocycles. The summed E-state index contributed by atoms with van der Waals surface area (Å²) in [7, 11) is 0. The molecule has 0 saturated heterocycles. The van der Waals surface area contributed by atoms with Crippen molar-refractivity contribution in [1.82, 2.24) is 4.98 Å². The van der Waals surface area contributed by atoms with Crippen molar-refractivity contribution in [2.75, 3.05) is 4.90 Å². The van der Waals surface area contributed by atoms with Gasteiger partial charge in [-0.05, 0) is 54.0 Å². The Morgan fingerprint density at radius 1 is 0.909 bits per heavy atom. The fourth-order valence-corrected chi connectivity index (χ4v) is 4.36. The molecule has 5 nitrogen and oxygen atoms in total. The average molecular weight is 453 g/mol. The Balaban J connectivity index is 1.49. The highest BCUT2D eigenvalue weighted by molar-refractivity contribution is 7.07. The number of thiazole rings is 1. The van der Waals surface area contributed by atoms with E-state index in [1.54, 1.807) is 17.6 Å². The van der Waals surface area contributed by atoms with Crippen LogP contribution in [0.4, 0.5) is 5.69 Å². The molecule has 0 unspecified atom stereocenters. The van der Waals surface area contributed by atoms with Crippen LogP contribution in [0.3, 0.4) is 0 Å². The number of imide groups is 1. The first kappa shape index (κ1) is 20.8. The van der Waals surface area contributed by atoms with E-state index >= 15 is 0 Å². The summed E-state index contributed by atoms with van der Waals surface area (Å²) in [4.78, 5) is 32.3. The number of carbonyl (C=O) groups excluding carboxylic acids is 2. The number of hydrogen-bond acceptors (Lipinski definition) is 5. The zero-order valence-corrected chi connectivity index (χ0v) is 18.7.